The molecule has 0 saturated carbocycles. The molecule has 0 aliphatic rings. The molecule has 0 aromatic carbocycles. The topological polar surface area (TPSA) is 112 Å². The van der Waals surface area contributed by atoms with Crippen LogP contribution in [0.25, 0.3) is 0 Å². The van der Waals surface area contributed by atoms with Gasteiger partial charge in [-0.1, -0.05) is 6.92 Å². The molecule has 0 atom stereocenters. The molecule has 3 N–H and O–H groups in total. The normalized spacial score (nSPS) is 6.94. The first-order valence-corrected chi connectivity index (χ1v) is 5.14. The van der Waals surface area contributed by atoms with Crippen molar-refractivity contribution in [3.8, 4) is 0 Å². The molecule has 0 spiro atoms. The van der Waals surface area contributed by atoms with Gasteiger partial charge in [-0.15, -0.1) is 0 Å². The number of aliphatic hydroxyl groups excluding tert-OH is 1. The Hall–Kier alpha value is -1.43. The number of hydrogen-bond donors (Lipinski definition) is 3. The van der Waals surface area contributed by atoms with E-state index >= 15 is 0 Å². The van der Waals surface area contributed by atoms with Crippen molar-refractivity contribution in [2.75, 3.05) is 6.61 Å². The molecule has 104 valence electrons. The summed E-state index contributed by atoms with van der Waals surface area (Å²) >= 11 is 0. The van der Waals surface area contributed by atoms with Crippen molar-refractivity contribution >= 4 is 17.7 Å². The van der Waals surface area contributed by atoms with E-state index in [4.69, 9.17) is 20.1 Å². The molecule has 0 unspecified atom stereocenters. The number of carboxylic acid groups (broad SMARTS) is 2. The van der Waals surface area contributed by atoms with Crippen LogP contribution in [0.2, 0.25) is 0 Å². The van der Waals surface area contributed by atoms with Crippen LogP contribution in [0.1, 0.15) is 47.5 Å². The van der Waals surface area contributed by atoms with Gasteiger partial charge in [-0.3, -0.25) is 9.59 Å². The molecule has 6 nitrogen and oxygen atoms in total. The average Bonchev–Trinajstić information content (AvgIpc) is 2.01. The fourth-order valence-corrected chi connectivity index (χ4v) is 0.214. The molecular weight excluding hydrogens is 228 g/mol. The summed E-state index contributed by atoms with van der Waals surface area (Å²) in [6.45, 7) is 7.91. The first-order valence-electron chi connectivity index (χ1n) is 5.14. The first-order chi connectivity index (χ1) is 7.65. The number of aliphatic hydroxyl groups is 1. The SMILES string of the molecule is CC(=O)O.CC(C)=O.CCCC(=O)O.CCO. The lowest BCUT2D eigenvalue weighted by atomic mass is 10.4. The zero-order valence-electron chi connectivity index (χ0n) is 11.2. The van der Waals surface area contributed by atoms with E-state index in [0.29, 0.717) is 6.42 Å². The molecule has 6 heteroatoms. The lowest BCUT2D eigenvalue weighted by Gasteiger charge is -1.79. The van der Waals surface area contributed by atoms with Crippen LogP contribution < -0.4 is 0 Å². The van der Waals surface area contributed by atoms with E-state index in [0.717, 1.165) is 13.3 Å². The quantitative estimate of drug-likeness (QED) is 0.687. The summed E-state index contributed by atoms with van der Waals surface area (Å²) in [6, 6.07) is 0. The highest BCUT2D eigenvalue weighted by Gasteiger charge is 1.87. The molecule has 0 aliphatic carbocycles. The zero-order chi connectivity index (χ0) is 14.9. The van der Waals surface area contributed by atoms with E-state index < -0.39 is 11.9 Å². The molecule has 0 aliphatic heterocycles. The van der Waals surface area contributed by atoms with Gasteiger partial charge >= 0.3 is 5.97 Å². The summed E-state index contributed by atoms with van der Waals surface area (Å²) in [6.07, 6.45) is 1.02. The van der Waals surface area contributed by atoms with Gasteiger partial charge in [-0.25, -0.2) is 0 Å². The van der Waals surface area contributed by atoms with E-state index in [9.17, 15) is 9.59 Å². The fourth-order valence-electron chi connectivity index (χ4n) is 0.214. The smallest absolute Gasteiger partial charge is 0.303 e. The largest absolute Gasteiger partial charge is 0.481 e. The summed E-state index contributed by atoms with van der Waals surface area (Å²) in [5.41, 5.74) is 0. The summed E-state index contributed by atoms with van der Waals surface area (Å²) in [5, 5.41) is 22.9. The van der Waals surface area contributed by atoms with Gasteiger partial charge in [0.1, 0.15) is 5.78 Å². The molecule has 17 heavy (non-hydrogen) atoms. The van der Waals surface area contributed by atoms with Gasteiger partial charge in [0.2, 0.25) is 0 Å². The molecule has 0 saturated heterocycles. The highest BCUT2D eigenvalue weighted by atomic mass is 16.4. The Morgan fingerprint density at radius 3 is 1.12 bits per heavy atom. The highest BCUT2D eigenvalue weighted by Crippen LogP contribution is 1.82. The third-order valence-corrected chi connectivity index (χ3v) is 0.464. The summed E-state index contributed by atoms with van der Waals surface area (Å²) in [5.74, 6) is -1.38. The van der Waals surface area contributed by atoms with E-state index in [1.54, 1.807) is 6.92 Å². The van der Waals surface area contributed by atoms with Gasteiger partial charge in [0, 0.05) is 20.0 Å². The fraction of sp³-hybridized carbons (Fsp3) is 0.727. The number of ketones is 1. The molecule has 0 rings (SSSR count). The van der Waals surface area contributed by atoms with Crippen LogP contribution >= 0.6 is 0 Å². The Morgan fingerprint density at radius 2 is 1.12 bits per heavy atom. The molecule has 0 aromatic rings. The average molecular weight is 252 g/mol. The van der Waals surface area contributed by atoms with E-state index in [2.05, 4.69) is 0 Å². The maximum Gasteiger partial charge on any atom is 0.303 e. The van der Waals surface area contributed by atoms with Crippen LogP contribution in [0.4, 0.5) is 0 Å². The van der Waals surface area contributed by atoms with Crippen LogP contribution in [-0.4, -0.2) is 39.6 Å². The number of carbonyl (C=O) groups is 3. The number of aliphatic carboxylic acids is 2. The van der Waals surface area contributed by atoms with Gasteiger partial charge in [0.15, 0.2) is 0 Å². The minimum Gasteiger partial charge on any atom is -0.481 e. The number of rotatable bonds is 2. The molecule has 0 fully saturated rings. The van der Waals surface area contributed by atoms with Crippen molar-refractivity contribution < 1.29 is 29.7 Å². The second kappa shape index (κ2) is 24.0. The van der Waals surface area contributed by atoms with E-state index in [-0.39, 0.29) is 12.4 Å². The van der Waals surface area contributed by atoms with Crippen molar-refractivity contribution in [3.05, 3.63) is 0 Å². The summed E-state index contributed by atoms with van der Waals surface area (Å²) in [4.78, 5) is 28.0. The third-order valence-electron chi connectivity index (χ3n) is 0.464. The number of Topliss-reactive ketones (excluding diaryl/α,β-unsaturated/α-hetero) is 1. The lowest BCUT2D eigenvalue weighted by molar-refractivity contribution is -0.137. The minimum absolute atomic E-state index is 0.167. The summed E-state index contributed by atoms with van der Waals surface area (Å²) in [7, 11) is 0. The molecule has 0 radical (unpaired) electrons. The van der Waals surface area contributed by atoms with Crippen molar-refractivity contribution in [3.63, 3.8) is 0 Å². The van der Waals surface area contributed by atoms with Crippen LogP contribution in [0, 0.1) is 0 Å². The number of carbonyl (C=O) groups excluding carboxylic acids is 1. The van der Waals surface area contributed by atoms with Gasteiger partial charge in [0.25, 0.3) is 5.97 Å². The maximum atomic E-state index is 9.60. The van der Waals surface area contributed by atoms with Crippen molar-refractivity contribution in [2.24, 2.45) is 0 Å². The van der Waals surface area contributed by atoms with Crippen LogP contribution in [0.3, 0.4) is 0 Å². The number of hydrogen-bond acceptors (Lipinski definition) is 4. The molecule has 0 amide bonds. The Balaban J connectivity index is -0.0000000688. The van der Waals surface area contributed by atoms with Gasteiger partial charge < -0.3 is 20.1 Å². The zero-order valence-corrected chi connectivity index (χ0v) is 11.2. The molecular formula is C11H24O6. The Morgan fingerprint density at radius 1 is 0.941 bits per heavy atom. The predicted molar refractivity (Wildman–Crippen MR) is 65.0 cm³/mol. The highest BCUT2D eigenvalue weighted by molar-refractivity contribution is 5.72. The standard InChI is InChI=1S/C4H8O2.C3H6O.C2H4O2.C2H6O/c1-2-3-4(5)6;1-3(2)4;1-2(3)4;1-2-3/h2-3H2,1H3,(H,5,6);1-2H3;1H3,(H,3,4);3H,2H2,1H3. The first kappa shape index (κ1) is 24.7. The molecule has 0 aromatic heterocycles. The molecule has 0 bridgehead atoms. The maximum absolute atomic E-state index is 9.60. The van der Waals surface area contributed by atoms with E-state index in [1.807, 2.05) is 6.92 Å². The van der Waals surface area contributed by atoms with E-state index in [1.165, 1.54) is 13.8 Å². The lowest BCUT2D eigenvalue weighted by Crippen LogP contribution is -1.90. The monoisotopic (exact) mass is 252 g/mol. The van der Waals surface area contributed by atoms with Crippen molar-refractivity contribution in [1.29, 1.82) is 0 Å². The summed E-state index contributed by atoms with van der Waals surface area (Å²) < 4.78 is 0. The van der Waals surface area contributed by atoms with Gasteiger partial charge in [-0.2, -0.15) is 0 Å². The van der Waals surface area contributed by atoms with Crippen molar-refractivity contribution in [1.82, 2.24) is 0 Å². The Bertz CT molecular complexity index is 168. The third kappa shape index (κ3) is 934. The Labute approximate surface area is 102 Å². The molecule has 0 heterocycles. The number of carboxylic acids is 2. The van der Waals surface area contributed by atoms with Crippen LogP contribution in [0.5, 0.6) is 0 Å². The van der Waals surface area contributed by atoms with Crippen molar-refractivity contribution in [2.45, 2.75) is 47.5 Å². The van der Waals surface area contributed by atoms with Gasteiger partial charge in [-0.05, 0) is 27.2 Å². The van der Waals surface area contributed by atoms with Gasteiger partial charge in [0.05, 0.1) is 0 Å². The predicted octanol–water partition coefficient (Wildman–Crippen LogP) is 1.56. The van der Waals surface area contributed by atoms with Crippen LogP contribution in [0.15, 0.2) is 0 Å². The minimum atomic E-state index is -0.833. The van der Waals surface area contributed by atoms with Crippen LogP contribution in [-0.2, 0) is 14.4 Å². The Kier molecular flexibility index (Phi) is 34.9. The second-order valence-electron chi connectivity index (χ2n) is 2.89. The second-order valence-corrected chi connectivity index (χ2v) is 2.89.